The van der Waals surface area contributed by atoms with Crippen molar-refractivity contribution < 1.29 is 0 Å². The van der Waals surface area contributed by atoms with Crippen LogP contribution in [0.2, 0.25) is 0 Å². The van der Waals surface area contributed by atoms with Gasteiger partial charge in [0.2, 0.25) is 0 Å². The van der Waals surface area contributed by atoms with E-state index in [1.165, 1.54) is 48.9 Å². The maximum atomic E-state index is 3.78. The highest BCUT2D eigenvalue weighted by Crippen LogP contribution is 2.32. The largest absolute Gasteiger partial charge is 0.382 e. The minimum Gasteiger partial charge on any atom is -0.382 e. The Labute approximate surface area is 128 Å². The number of hydrogen-bond donors (Lipinski definition) is 1. The van der Waals surface area contributed by atoms with Gasteiger partial charge in [-0.15, -0.1) is 0 Å². The molecule has 0 heterocycles. The van der Waals surface area contributed by atoms with E-state index in [2.05, 4.69) is 66.8 Å². The molecule has 1 unspecified atom stereocenters. The second-order valence-corrected chi connectivity index (χ2v) is 6.24. The van der Waals surface area contributed by atoms with E-state index in [0.717, 1.165) is 5.92 Å². The number of nitrogens with one attached hydrogen (secondary N) is 1. The molecule has 1 N–H and O–H groups in total. The van der Waals surface area contributed by atoms with Crippen LogP contribution in [0.5, 0.6) is 0 Å². The lowest BCUT2D eigenvalue weighted by Crippen LogP contribution is -2.27. The summed E-state index contributed by atoms with van der Waals surface area (Å²) in [5, 5.41) is 3.78. The lowest BCUT2D eigenvalue weighted by molar-refractivity contribution is 0.328. The second-order valence-electron chi connectivity index (χ2n) is 6.24. The van der Waals surface area contributed by atoms with Crippen LogP contribution in [0.1, 0.15) is 39.0 Å². The average molecular weight is 279 g/mol. The molecule has 1 atom stereocenters. The minimum atomic E-state index is 0.551. The monoisotopic (exact) mass is 279 g/mol. The summed E-state index contributed by atoms with van der Waals surface area (Å²) in [5.41, 5.74) is 3.86. The molecule has 0 saturated heterocycles. The highest BCUT2D eigenvalue weighted by atomic mass is 14.9. The fourth-order valence-corrected chi connectivity index (χ4v) is 3.48. The molecule has 21 heavy (non-hydrogen) atoms. The van der Waals surface area contributed by atoms with Gasteiger partial charge in [0.05, 0.1) is 0 Å². The fourth-order valence-electron chi connectivity index (χ4n) is 3.48. The maximum Gasteiger partial charge on any atom is 0.0422 e. The highest BCUT2D eigenvalue weighted by molar-refractivity contribution is 5.77. The van der Waals surface area contributed by atoms with Crippen LogP contribution in [0.15, 0.2) is 54.6 Å². The summed E-state index contributed by atoms with van der Waals surface area (Å²) in [4.78, 5) is 0. The van der Waals surface area contributed by atoms with Gasteiger partial charge in [0.1, 0.15) is 0 Å². The van der Waals surface area contributed by atoms with Crippen LogP contribution in [0.25, 0.3) is 11.1 Å². The first-order valence-corrected chi connectivity index (χ1v) is 8.25. The average Bonchev–Trinajstić information content (AvgIpc) is 2.57. The van der Waals surface area contributed by atoms with Crippen molar-refractivity contribution in [2.75, 3.05) is 5.32 Å². The molecule has 110 valence electrons. The van der Waals surface area contributed by atoms with Gasteiger partial charge in [0, 0.05) is 17.3 Å². The third-order valence-corrected chi connectivity index (χ3v) is 4.75. The van der Waals surface area contributed by atoms with Crippen LogP contribution in [-0.2, 0) is 0 Å². The lowest BCUT2D eigenvalue weighted by atomic mass is 9.84. The zero-order chi connectivity index (χ0) is 14.5. The Morgan fingerprint density at radius 1 is 0.857 bits per heavy atom. The van der Waals surface area contributed by atoms with E-state index in [0.29, 0.717) is 6.04 Å². The van der Waals surface area contributed by atoms with E-state index in [-0.39, 0.29) is 0 Å². The Kier molecular flexibility index (Phi) is 4.59. The summed E-state index contributed by atoms with van der Waals surface area (Å²) in [5.74, 6) is 0.822. The molecule has 2 aromatic carbocycles. The van der Waals surface area contributed by atoms with Crippen LogP contribution < -0.4 is 5.32 Å². The molecule has 1 fully saturated rings. The van der Waals surface area contributed by atoms with E-state index in [1.807, 2.05) is 0 Å². The summed E-state index contributed by atoms with van der Waals surface area (Å²) in [6.07, 6.45) is 6.97. The Hall–Kier alpha value is -1.76. The summed E-state index contributed by atoms with van der Waals surface area (Å²) < 4.78 is 0. The Bertz CT molecular complexity index is 555. The van der Waals surface area contributed by atoms with Crippen molar-refractivity contribution in [3.05, 3.63) is 54.6 Å². The van der Waals surface area contributed by atoms with Crippen molar-refractivity contribution in [1.82, 2.24) is 0 Å². The van der Waals surface area contributed by atoms with Crippen LogP contribution >= 0.6 is 0 Å². The second kappa shape index (κ2) is 6.80. The van der Waals surface area contributed by atoms with Gasteiger partial charge in [-0.2, -0.15) is 0 Å². The molecule has 0 amide bonds. The number of anilines is 1. The van der Waals surface area contributed by atoms with Gasteiger partial charge in [0.15, 0.2) is 0 Å². The van der Waals surface area contributed by atoms with Crippen molar-refractivity contribution in [2.24, 2.45) is 5.92 Å². The molecule has 1 aliphatic rings. The Balaban J connectivity index is 1.79. The Morgan fingerprint density at radius 2 is 1.52 bits per heavy atom. The van der Waals surface area contributed by atoms with Crippen molar-refractivity contribution >= 4 is 5.69 Å². The van der Waals surface area contributed by atoms with Crippen molar-refractivity contribution in [2.45, 2.75) is 45.1 Å². The van der Waals surface area contributed by atoms with E-state index in [1.54, 1.807) is 0 Å². The molecule has 2 aromatic rings. The molecule has 0 aliphatic heterocycles. The van der Waals surface area contributed by atoms with Gasteiger partial charge >= 0.3 is 0 Å². The molecule has 0 bridgehead atoms. The quantitative estimate of drug-likeness (QED) is 0.753. The van der Waals surface area contributed by atoms with Crippen molar-refractivity contribution in [1.29, 1.82) is 0 Å². The van der Waals surface area contributed by atoms with Crippen molar-refractivity contribution in [3.8, 4) is 11.1 Å². The minimum absolute atomic E-state index is 0.551. The summed E-state index contributed by atoms with van der Waals surface area (Å²) in [7, 11) is 0. The first-order chi connectivity index (χ1) is 10.3. The number of hydrogen-bond acceptors (Lipinski definition) is 1. The zero-order valence-electron chi connectivity index (χ0n) is 12.9. The third kappa shape index (κ3) is 3.47. The molecule has 1 heteroatoms. The predicted octanol–water partition coefficient (Wildman–Crippen LogP) is 5.73. The predicted molar refractivity (Wildman–Crippen MR) is 91.5 cm³/mol. The first kappa shape index (κ1) is 14.2. The third-order valence-electron chi connectivity index (χ3n) is 4.75. The van der Waals surface area contributed by atoms with E-state index < -0.39 is 0 Å². The highest BCUT2D eigenvalue weighted by Gasteiger charge is 2.20. The molecule has 1 aliphatic carbocycles. The number of para-hydroxylation sites is 1. The van der Waals surface area contributed by atoms with Gasteiger partial charge in [-0.25, -0.2) is 0 Å². The molecule has 0 aromatic heterocycles. The van der Waals surface area contributed by atoms with Gasteiger partial charge in [-0.3, -0.25) is 0 Å². The molecular weight excluding hydrogens is 254 g/mol. The van der Waals surface area contributed by atoms with Gasteiger partial charge < -0.3 is 5.32 Å². The van der Waals surface area contributed by atoms with Crippen LogP contribution in [0, 0.1) is 5.92 Å². The van der Waals surface area contributed by atoms with Crippen LogP contribution in [0.4, 0.5) is 5.69 Å². The maximum absolute atomic E-state index is 3.78. The zero-order valence-corrected chi connectivity index (χ0v) is 12.9. The molecule has 3 rings (SSSR count). The first-order valence-electron chi connectivity index (χ1n) is 8.25. The van der Waals surface area contributed by atoms with Crippen LogP contribution in [0.3, 0.4) is 0 Å². The topological polar surface area (TPSA) is 12.0 Å². The van der Waals surface area contributed by atoms with Crippen LogP contribution in [-0.4, -0.2) is 6.04 Å². The van der Waals surface area contributed by atoms with E-state index >= 15 is 0 Å². The van der Waals surface area contributed by atoms with E-state index in [9.17, 15) is 0 Å². The molecular formula is C20H25N. The summed E-state index contributed by atoms with van der Waals surface area (Å²) in [6.45, 7) is 2.35. The smallest absolute Gasteiger partial charge is 0.0422 e. The normalized spacial score (nSPS) is 17.4. The molecule has 1 nitrogen and oxygen atoms in total. The number of rotatable bonds is 4. The SMILES string of the molecule is CC(Nc1ccccc1-c1ccccc1)C1CCCCC1. The van der Waals surface area contributed by atoms with Gasteiger partial charge in [0.25, 0.3) is 0 Å². The van der Waals surface area contributed by atoms with Gasteiger partial charge in [-0.1, -0.05) is 67.8 Å². The summed E-state index contributed by atoms with van der Waals surface area (Å²) in [6, 6.07) is 19.9. The molecule has 0 radical (unpaired) electrons. The lowest BCUT2D eigenvalue weighted by Gasteiger charge is -2.29. The number of benzene rings is 2. The standard InChI is InChI=1S/C20H25N/c1-16(17-10-4-2-5-11-17)21-20-15-9-8-14-19(20)18-12-6-3-7-13-18/h3,6-9,12-17,21H,2,4-5,10-11H2,1H3. The molecule has 1 saturated carbocycles. The molecule has 0 spiro atoms. The Morgan fingerprint density at radius 3 is 2.29 bits per heavy atom. The van der Waals surface area contributed by atoms with Crippen molar-refractivity contribution in [3.63, 3.8) is 0 Å². The fraction of sp³-hybridized carbons (Fsp3) is 0.400. The summed E-state index contributed by atoms with van der Waals surface area (Å²) >= 11 is 0. The van der Waals surface area contributed by atoms with E-state index in [4.69, 9.17) is 0 Å². The van der Waals surface area contributed by atoms with Gasteiger partial charge in [-0.05, 0) is 37.3 Å².